The molecule has 142 valence electrons. The number of para-hydroxylation sites is 1. The average molecular weight is 404 g/mol. The molecule has 4 nitrogen and oxygen atoms in total. The molecule has 0 unspecified atom stereocenters. The first-order valence-corrected chi connectivity index (χ1v) is 9.63. The minimum Gasteiger partial charge on any atom is -0.361 e. The zero-order chi connectivity index (χ0) is 19.4. The van der Waals surface area contributed by atoms with Crippen LogP contribution in [-0.2, 0) is 4.79 Å². The number of nitrogens with one attached hydrogen (secondary N) is 2. The van der Waals surface area contributed by atoms with E-state index < -0.39 is 0 Å². The van der Waals surface area contributed by atoms with Crippen LogP contribution in [-0.4, -0.2) is 43.0 Å². The van der Waals surface area contributed by atoms with Crippen molar-refractivity contribution in [2.45, 2.75) is 12.3 Å². The highest BCUT2D eigenvalue weighted by Crippen LogP contribution is 2.35. The van der Waals surface area contributed by atoms with E-state index in [0.717, 1.165) is 28.6 Å². The maximum atomic E-state index is 12.6. The molecule has 3 rings (SSSR count). The van der Waals surface area contributed by atoms with Crippen molar-refractivity contribution in [1.29, 1.82) is 0 Å². The molecule has 1 heterocycles. The second-order valence-electron chi connectivity index (χ2n) is 6.87. The number of hydrogen-bond donors (Lipinski definition) is 2. The summed E-state index contributed by atoms with van der Waals surface area (Å²) in [7, 11) is 3.97. The van der Waals surface area contributed by atoms with Crippen molar-refractivity contribution in [3.05, 3.63) is 69.8 Å². The second-order valence-corrected chi connectivity index (χ2v) is 7.69. The minimum atomic E-state index is -0.115. The van der Waals surface area contributed by atoms with Gasteiger partial charge in [0, 0.05) is 42.5 Å². The van der Waals surface area contributed by atoms with E-state index in [-0.39, 0.29) is 11.8 Å². The van der Waals surface area contributed by atoms with Crippen LogP contribution in [0.15, 0.2) is 48.7 Å². The van der Waals surface area contributed by atoms with Crippen LogP contribution in [0, 0.1) is 0 Å². The molecule has 0 bridgehead atoms. The van der Waals surface area contributed by atoms with Gasteiger partial charge in [-0.05, 0) is 43.4 Å². The van der Waals surface area contributed by atoms with Crippen LogP contribution in [0.2, 0.25) is 10.0 Å². The number of carbonyl (C=O) groups excluding carboxylic acids is 1. The van der Waals surface area contributed by atoms with E-state index in [4.69, 9.17) is 23.2 Å². The third-order valence-corrected chi connectivity index (χ3v) is 5.35. The van der Waals surface area contributed by atoms with E-state index >= 15 is 0 Å². The lowest BCUT2D eigenvalue weighted by Gasteiger charge is -2.18. The number of hydrogen-bond acceptors (Lipinski definition) is 2. The molecular weight excluding hydrogens is 381 g/mol. The predicted molar refractivity (Wildman–Crippen MR) is 113 cm³/mol. The molecule has 0 aliphatic heterocycles. The largest absolute Gasteiger partial charge is 0.361 e. The van der Waals surface area contributed by atoms with Crippen LogP contribution in [0.5, 0.6) is 0 Å². The van der Waals surface area contributed by atoms with Crippen molar-refractivity contribution in [2.24, 2.45) is 0 Å². The number of amides is 1. The summed E-state index contributed by atoms with van der Waals surface area (Å²) in [5.41, 5.74) is 3.09. The lowest BCUT2D eigenvalue weighted by Crippen LogP contribution is -2.32. The summed E-state index contributed by atoms with van der Waals surface area (Å²) in [5.74, 6) is -0.103. The Kier molecular flexibility index (Phi) is 6.42. The molecule has 2 aromatic carbocycles. The Morgan fingerprint density at radius 1 is 1.15 bits per heavy atom. The van der Waals surface area contributed by atoms with E-state index in [2.05, 4.69) is 16.4 Å². The minimum absolute atomic E-state index is 0.0122. The number of likely N-dealkylation sites (N-methyl/N-ethyl adjacent to an activating group) is 1. The van der Waals surface area contributed by atoms with Gasteiger partial charge in [-0.2, -0.15) is 0 Å². The molecular formula is C21H23Cl2N3O. The third kappa shape index (κ3) is 4.83. The van der Waals surface area contributed by atoms with Gasteiger partial charge < -0.3 is 15.2 Å². The van der Waals surface area contributed by atoms with Crippen molar-refractivity contribution < 1.29 is 4.79 Å². The Morgan fingerprint density at radius 3 is 2.67 bits per heavy atom. The lowest BCUT2D eigenvalue weighted by atomic mass is 9.88. The average Bonchev–Trinajstić information content (AvgIpc) is 3.06. The quantitative estimate of drug-likeness (QED) is 0.601. The van der Waals surface area contributed by atoms with Gasteiger partial charge in [0.1, 0.15) is 0 Å². The maximum Gasteiger partial charge on any atom is 0.220 e. The van der Waals surface area contributed by atoms with Gasteiger partial charge in [-0.3, -0.25) is 4.79 Å². The number of H-pyrrole nitrogens is 1. The SMILES string of the molecule is CN(C)CCNC(=O)C[C@H](c1ccc(Cl)c(Cl)c1)c1c[nH]c2ccccc12. The fourth-order valence-electron chi connectivity index (χ4n) is 3.20. The highest BCUT2D eigenvalue weighted by atomic mass is 35.5. The van der Waals surface area contributed by atoms with Crippen LogP contribution < -0.4 is 5.32 Å². The molecule has 6 heteroatoms. The summed E-state index contributed by atoms with van der Waals surface area (Å²) in [6.45, 7) is 1.42. The van der Waals surface area contributed by atoms with Gasteiger partial charge in [0.2, 0.25) is 5.91 Å². The van der Waals surface area contributed by atoms with Gasteiger partial charge >= 0.3 is 0 Å². The first-order valence-electron chi connectivity index (χ1n) is 8.88. The molecule has 1 atom stereocenters. The molecule has 3 aromatic rings. The fraction of sp³-hybridized carbons (Fsp3) is 0.286. The number of fused-ring (bicyclic) bond motifs is 1. The van der Waals surface area contributed by atoms with E-state index in [1.807, 2.05) is 55.5 Å². The van der Waals surface area contributed by atoms with E-state index in [1.54, 1.807) is 6.07 Å². The summed E-state index contributed by atoms with van der Waals surface area (Å²) in [6.07, 6.45) is 2.32. The van der Waals surface area contributed by atoms with E-state index in [9.17, 15) is 4.79 Å². The molecule has 1 aromatic heterocycles. The van der Waals surface area contributed by atoms with Crippen LogP contribution in [0.25, 0.3) is 10.9 Å². The van der Waals surface area contributed by atoms with Gasteiger partial charge in [0.15, 0.2) is 0 Å². The Morgan fingerprint density at radius 2 is 1.93 bits per heavy atom. The summed E-state index contributed by atoms with van der Waals surface area (Å²) in [4.78, 5) is 17.9. The number of carbonyl (C=O) groups is 1. The molecule has 27 heavy (non-hydrogen) atoms. The number of aromatic nitrogens is 1. The predicted octanol–water partition coefficient (Wildman–Crippen LogP) is 4.67. The highest BCUT2D eigenvalue weighted by molar-refractivity contribution is 6.42. The monoisotopic (exact) mass is 403 g/mol. The third-order valence-electron chi connectivity index (χ3n) is 4.61. The van der Waals surface area contributed by atoms with Crippen molar-refractivity contribution in [2.75, 3.05) is 27.2 Å². The summed E-state index contributed by atoms with van der Waals surface area (Å²) >= 11 is 12.3. The molecule has 0 saturated heterocycles. The van der Waals surface area contributed by atoms with Gasteiger partial charge in [0.05, 0.1) is 10.0 Å². The van der Waals surface area contributed by atoms with Gasteiger partial charge in [0.25, 0.3) is 0 Å². The molecule has 0 saturated carbocycles. The Balaban J connectivity index is 1.91. The number of benzene rings is 2. The molecule has 0 aliphatic carbocycles. The Hall–Kier alpha value is -2.01. The van der Waals surface area contributed by atoms with Gasteiger partial charge in [-0.25, -0.2) is 0 Å². The lowest BCUT2D eigenvalue weighted by molar-refractivity contribution is -0.121. The standard InChI is InChI=1S/C21H23Cl2N3O/c1-26(2)10-9-24-21(27)12-16(14-7-8-18(22)19(23)11-14)17-13-25-20-6-4-3-5-15(17)20/h3-8,11,13,16,25H,9-10,12H2,1-2H3,(H,24,27)/t16-/m1/s1. The second kappa shape index (κ2) is 8.79. The van der Waals surface area contributed by atoms with E-state index in [1.165, 1.54) is 0 Å². The molecule has 0 aliphatic rings. The molecule has 0 fully saturated rings. The summed E-state index contributed by atoms with van der Waals surface area (Å²) < 4.78 is 0. The molecule has 2 N–H and O–H groups in total. The number of halogens is 2. The normalized spacial score (nSPS) is 12.5. The van der Waals surface area contributed by atoms with Crippen LogP contribution in [0.1, 0.15) is 23.5 Å². The van der Waals surface area contributed by atoms with Crippen molar-refractivity contribution in [3.63, 3.8) is 0 Å². The Labute approximate surface area is 169 Å². The van der Waals surface area contributed by atoms with Crippen molar-refractivity contribution >= 4 is 40.0 Å². The van der Waals surface area contributed by atoms with Crippen molar-refractivity contribution in [3.8, 4) is 0 Å². The van der Waals surface area contributed by atoms with Crippen molar-refractivity contribution in [1.82, 2.24) is 15.2 Å². The molecule has 1 amide bonds. The van der Waals surface area contributed by atoms with Gasteiger partial charge in [-0.15, -0.1) is 0 Å². The fourth-order valence-corrected chi connectivity index (χ4v) is 3.50. The topological polar surface area (TPSA) is 48.1 Å². The van der Waals surface area contributed by atoms with Gasteiger partial charge in [-0.1, -0.05) is 47.5 Å². The zero-order valence-corrected chi connectivity index (χ0v) is 16.9. The van der Waals surface area contributed by atoms with Crippen LogP contribution in [0.3, 0.4) is 0 Å². The zero-order valence-electron chi connectivity index (χ0n) is 15.4. The number of aromatic amines is 1. The first-order chi connectivity index (χ1) is 13.0. The molecule has 0 radical (unpaired) electrons. The highest BCUT2D eigenvalue weighted by Gasteiger charge is 2.22. The van der Waals surface area contributed by atoms with Crippen LogP contribution in [0.4, 0.5) is 0 Å². The smallest absolute Gasteiger partial charge is 0.220 e. The van der Waals surface area contributed by atoms with E-state index in [0.29, 0.717) is 23.0 Å². The first kappa shape index (κ1) is 19.7. The summed E-state index contributed by atoms with van der Waals surface area (Å²) in [5, 5.41) is 5.11. The summed E-state index contributed by atoms with van der Waals surface area (Å²) in [6, 6.07) is 13.7. The van der Waals surface area contributed by atoms with Crippen LogP contribution >= 0.6 is 23.2 Å². The number of rotatable bonds is 7. The number of nitrogens with zero attached hydrogens (tertiary/aromatic N) is 1. The maximum absolute atomic E-state index is 12.6. The Bertz CT molecular complexity index is 936. The molecule has 0 spiro atoms.